The molecule has 1 aromatic heterocycles. The summed E-state index contributed by atoms with van der Waals surface area (Å²) in [6, 6.07) is 9.49. The van der Waals surface area contributed by atoms with Crippen molar-refractivity contribution in [2.24, 2.45) is 7.05 Å². The van der Waals surface area contributed by atoms with Crippen molar-refractivity contribution in [3.8, 4) is 0 Å². The molecular weight excluding hydrogens is 486 g/mol. The number of carbonyl (C=O) groups is 1. The molecular formula is C27H29F4N5O. The Labute approximate surface area is 212 Å². The lowest BCUT2D eigenvalue weighted by molar-refractivity contribution is -0.138. The molecule has 0 spiro atoms. The molecule has 6 nitrogen and oxygen atoms in total. The molecule has 0 saturated heterocycles. The van der Waals surface area contributed by atoms with Crippen molar-refractivity contribution in [3.63, 3.8) is 0 Å². The molecule has 10 heteroatoms. The van der Waals surface area contributed by atoms with Crippen LogP contribution in [0, 0.1) is 0 Å². The molecule has 2 aromatic carbocycles. The molecule has 5 rings (SSSR count). The molecule has 0 radical (unpaired) electrons. The normalized spacial score (nSPS) is 17.6. The van der Waals surface area contributed by atoms with Crippen LogP contribution in [0.2, 0.25) is 0 Å². The third kappa shape index (κ3) is 5.25. The van der Waals surface area contributed by atoms with E-state index in [1.807, 2.05) is 0 Å². The van der Waals surface area contributed by atoms with Crippen molar-refractivity contribution in [2.75, 3.05) is 4.90 Å². The summed E-state index contributed by atoms with van der Waals surface area (Å²) in [6.07, 6.45) is -1.09. The van der Waals surface area contributed by atoms with Crippen LogP contribution in [0.15, 0.2) is 42.7 Å². The summed E-state index contributed by atoms with van der Waals surface area (Å²) in [7, 11) is 1.74. The summed E-state index contributed by atoms with van der Waals surface area (Å²) >= 11 is 0. The summed E-state index contributed by atoms with van der Waals surface area (Å²) in [5.74, 6) is 0.0374. The number of hydrogen-bond donors (Lipinski definition) is 1. The Bertz CT molecular complexity index is 1310. The minimum absolute atomic E-state index is 0.0211. The van der Waals surface area contributed by atoms with E-state index in [4.69, 9.17) is 0 Å². The Hall–Kier alpha value is -3.27. The number of aromatic nitrogens is 3. The van der Waals surface area contributed by atoms with Crippen LogP contribution in [0.25, 0.3) is 0 Å². The van der Waals surface area contributed by atoms with Crippen molar-refractivity contribution in [3.05, 3.63) is 76.4 Å². The Morgan fingerprint density at radius 2 is 1.92 bits per heavy atom. The van der Waals surface area contributed by atoms with Crippen molar-refractivity contribution in [1.82, 2.24) is 20.1 Å². The zero-order chi connectivity index (χ0) is 26.4. The van der Waals surface area contributed by atoms with Gasteiger partial charge in [-0.15, -0.1) is 10.2 Å². The van der Waals surface area contributed by atoms with E-state index < -0.39 is 23.8 Å². The van der Waals surface area contributed by atoms with Gasteiger partial charge in [0, 0.05) is 43.2 Å². The van der Waals surface area contributed by atoms with Gasteiger partial charge in [-0.05, 0) is 67.1 Å². The Morgan fingerprint density at radius 1 is 1.14 bits per heavy atom. The van der Waals surface area contributed by atoms with Crippen LogP contribution in [0.5, 0.6) is 0 Å². The van der Waals surface area contributed by atoms with Gasteiger partial charge in [-0.1, -0.05) is 12.1 Å². The Balaban J connectivity index is 1.37. The first kappa shape index (κ1) is 25.4. The standard InChI is InChI=1S/C27H29F4N5O/c1-26(7-4-8-26)32-14-18-11-21-22(23(12-18)27(29,30)31)15-36(25(21)37)20-6-3-5-17(10-20)9-19(28)13-24-34-33-16-35(24)2/h3,5-6,10-12,16,19,32H,4,7-9,13-15H2,1-2H3/t19-/m0/s1. The maximum atomic E-state index is 14.8. The third-order valence-electron chi connectivity index (χ3n) is 7.47. The largest absolute Gasteiger partial charge is 0.416 e. The van der Waals surface area contributed by atoms with Crippen LogP contribution < -0.4 is 10.2 Å². The highest BCUT2D eigenvalue weighted by atomic mass is 19.4. The van der Waals surface area contributed by atoms with Gasteiger partial charge in [-0.3, -0.25) is 4.79 Å². The molecule has 1 fully saturated rings. The number of anilines is 1. The first-order chi connectivity index (χ1) is 17.5. The van der Waals surface area contributed by atoms with Gasteiger partial charge in [-0.2, -0.15) is 13.2 Å². The highest BCUT2D eigenvalue weighted by molar-refractivity contribution is 6.10. The lowest BCUT2D eigenvalue weighted by Gasteiger charge is -2.39. The second kappa shape index (κ2) is 9.55. The van der Waals surface area contributed by atoms with Crippen LogP contribution in [-0.4, -0.2) is 32.4 Å². The van der Waals surface area contributed by atoms with Gasteiger partial charge >= 0.3 is 6.18 Å². The number of benzene rings is 2. The lowest BCUT2D eigenvalue weighted by Crippen LogP contribution is -2.47. The number of rotatable bonds is 8. The first-order valence-corrected chi connectivity index (χ1v) is 12.4. The monoisotopic (exact) mass is 515 g/mol. The average Bonchev–Trinajstić information content (AvgIpc) is 3.38. The highest BCUT2D eigenvalue weighted by Crippen LogP contribution is 2.40. The van der Waals surface area contributed by atoms with Gasteiger partial charge in [0.1, 0.15) is 18.3 Å². The van der Waals surface area contributed by atoms with E-state index in [9.17, 15) is 22.4 Å². The topological polar surface area (TPSA) is 63.1 Å². The van der Waals surface area contributed by atoms with E-state index in [1.165, 1.54) is 11.2 Å². The number of halogens is 4. The summed E-state index contributed by atoms with van der Waals surface area (Å²) in [6.45, 7) is 2.14. The molecule has 196 valence electrons. The van der Waals surface area contributed by atoms with Crippen LogP contribution in [-0.2, 0) is 39.2 Å². The molecule has 1 atom stereocenters. The zero-order valence-corrected chi connectivity index (χ0v) is 20.8. The van der Waals surface area contributed by atoms with E-state index in [0.717, 1.165) is 25.3 Å². The summed E-state index contributed by atoms with van der Waals surface area (Å²) in [5, 5.41) is 11.0. The van der Waals surface area contributed by atoms with Crippen LogP contribution in [0.1, 0.15) is 64.6 Å². The molecule has 3 aromatic rings. The van der Waals surface area contributed by atoms with Gasteiger partial charge in [0.15, 0.2) is 0 Å². The fraction of sp³-hybridized carbons (Fsp3) is 0.444. The van der Waals surface area contributed by atoms with Crippen LogP contribution in [0.4, 0.5) is 23.2 Å². The number of carbonyl (C=O) groups excluding carboxylic acids is 1. The van der Waals surface area contributed by atoms with Crippen LogP contribution in [0.3, 0.4) is 0 Å². The van der Waals surface area contributed by atoms with Gasteiger partial charge in [0.05, 0.1) is 12.1 Å². The predicted octanol–water partition coefficient (Wildman–Crippen LogP) is 5.15. The number of nitrogens with zero attached hydrogens (tertiary/aromatic N) is 4. The highest BCUT2D eigenvalue weighted by Gasteiger charge is 2.41. The van der Waals surface area contributed by atoms with Gasteiger partial charge in [0.25, 0.3) is 5.91 Å². The first-order valence-electron chi connectivity index (χ1n) is 12.4. The Morgan fingerprint density at radius 3 is 2.57 bits per heavy atom. The molecule has 1 amide bonds. The second-order valence-corrected chi connectivity index (χ2v) is 10.4. The van der Waals surface area contributed by atoms with Crippen LogP contribution >= 0.6 is 0 Å². The van der Waals surface area contributed by atoms with Gasteiger partial charge < -0.3 is 14.8 Å². The maximum absolute atomic E-state index is 14.8. The quantitative estimate of drug-likeness (QED) is 0.422. The van der Waals surface area contributed by atoms with E-state index in [2.05, 4.69) is 22.4 Å². The third-order valence-corrected chi connectivity index (χ3v) is 7.47. The van der Waals surface area contributed by atoms with Crippen molar-refractivity contribution < 1.29 is 22.4 Å². The second-order valence-electron chi connectivity index (χ2n) is 10.4. The molecule has 2 heterocycles. The molecule has 1 aliphatic heterocycles. The smallest absolute Gasteiger partial charge is 0.321 e. The predicted molar refractivity (Wildman–Crippen MR) is 131 cm³/mol. The number of aryl methyl sites for hydroxylation is 1. The number of fused-ring (bicyclic) bond motifs is 1. The van der Waals surface area contributed by atoms with Crippen molar-refractivity contribution in [2.45, 2.75) is 70.0 Å². The summed E-state index contributed by atoms with van der Waals surface area (Å²) < 4.78 is 58.5. The average molecular weight is 516 g/mol. The van der Waals surface area contributed by atoms with E-state index in [-0.39, 0.29) is 42.6 Å². The Kier molecular flexibility index (Phi) is 6.55. The molecule has 1 N–H and O–H groups in total. The number of alkyl halides is 4. The maximum Gasteiger partial charge on any atom is 0.416 e. The molecule has 0 bridgehead atoms. The minimum atomic E-state index is -4.58. The lowest BCUT2D eigenvalue weighted by atomic mass is 9.78. The van der Waals surface area contributed by atoms with Crippen molar-refractivity contribution >= 4 is 11.6 Å². The zero-order valence-electron chi connectivity index (χ0n) is 20.8. The molecule has 37 heavy (non-hydrogen) atoms. The van der Waals surface area contributed by atoms with E-state index in [1.54, 1.807) is 41.9 Å². The van der Waals surface area contributed by atoms with Gasteiger partial charge in [-0.25, -0.2) is 4.39 Å². The minimum Gasteiger partial charge on any atom is -0.321 e. The fourth-order valence-corrected chi connectivity index (χ4v) is 5.10. The molecule has 2 aliphatic rings. The summed E-state index contributed by atoms with van der Waals surface area (Å²) in [4.78, 5) is 14.7. The van der Waals surface area contributed by atoms with E-state index in [0.29, 0.717) is 22.6 Å². The van der Waals surface area contributed by atoms with E-state index >= 15 is 0 Å². The summed E-state index contributed by atoms with van der Waals surface area (Å²) in [5.41, 5.74) is 0.723. The number of amides is 1. The SMILES string of the molecule is Cn1cnnc1C[C@@H](F)Cc1cccc(N2Cc3c(cc(CNC4(C)CCC4)cc3C(F)(F)F)C2=O)c1. The fourth-order valence-electron chi connectivity index (χ4n) is 5.10. The van der Waals surface area contributed by atoms with Gasteiger partial charge in [0.2, 0.25) is 0 Å². The molecule has 1 aliphatic carbocycles. The molecule has 0 unspecified atom stereocenters. The number of nitrogens with one attached hydrogen (secondary N) is 1. The molecule has 1 saturated carbocycles. The number of hydrogen-bond acceptors (Lipinski definition) is 4. The van der Waals surface area contributed by atoms with Crippen molar-refractivity contribution in [1.29, 1.82) is 0 Å².